The molecule has 6 heteroatoms. The van der Waals surface area contributed by atoms with Crippen molar-refractivity contribution >= 4 is 22.6 Å². The topological polar surface area (TPSA) is 9.23 Å². The average molecular weight is 320 g/mol. The predicted octanol–water partition coefficient (Wildman–Crippen LogP) is 3.37. The number of halogens is 5. The zero-order valence-corrected chi connectivity index (χ0v) is 8.89. The minimum atomic E-state index is -4.38. The Bertz CT molecular complexity index is 324. The van der Waals surface area contributed by atoms with Crippen molar-refractivity contribution < 1.29 is 22.3 Å². The number of hydrogen-bond acceptors (Lipinski definition) is 1. The zero-order valence-electron chi connectivity index (χ0n) is 6.74. The number of rotatable bonds is 2. The Morgan fingerprint density at radius 1 is 1.29 bits per heavy atom. The van der Waals surface area contributed by atoms with E-state index in [1.165, 1.54) is 6.07 Å². The Balaban J connectivity index is 2.68. The smallest absolute Gasteiger partial charge is 0.422 e. The first-order valence-corrected chi connectivity index (χ1v) is 4.61. The molecule has 0 saturated carbocycles. The van der Waals surface area contributed by atoms with Gasteiger partial charge >= 0.3 is 6.18 Å². The number of hydrogen-bond donors (Lipinski definition) is 0. The molecule has 0 spiro atoms. The predicted molar refractivity (Wildman–Crippen MR) is 50.7 cm³/mol. The molecule has 0 aliphatic heterocycles. The summed E-state index contributed by atoms with van der Waals surface area (Å²) in [6.45, 7) is -1.37. The van der Waals surface area contributed by atoms with E-state index in [9.17, 15) is 17.6 Å². The van der Waals surface area contributed by atoms with Gasteiger partial charge in [-0.3, -0.25) is 0 Å². The number of alkyl halides is 3. The van der Waals surface area contributed by atoms with Crippen LogP contribution in [-0.2, 0) is 0 Å². The maximum absolute atomic E-state index is 12.5. The van der Waals surface area contributed by atoms with Crippen LogP contribution in [0.2, 0.25) is 0 Å². The monoisotopic (exact) mass is 320 g/mol. The third kappa shape index (κ3) is 3.69. The van der Waals surface area contributed by atoms with Gasteiger partial charge < -0.3 is 4.74 Å². The molecule has 1 aromatic rings. The van der Waals surface area contributed by atoms with Crippen LogP contribution in [0.15, 0.2) is 18.2 Å². The zero-order chi connectivity index (χ0) is 10.8. The molecule has 1 rings (SSSR count). The third-order valence-electron chi connectivity index (χ3n) is 1.29. The highest BCUT2D eigenvalue weighted by Gasteiger charge is 2.28. The van der Waals surface area contributed by atoms with E-state index in [1.54, 1.807) is 22.6 Å². The fourth-order valence-corrected chi connectivity index (χ4v) is 1.38. The van der Waals surface area contributed by atoms with Gasteiger partial charge in [0.25, 0.3) is 0 Å². The van der Waals surface area contributed by atoms with Crippen molar-refractivity contribution in [3.8, 4) is 5.75 Å². The molecule has 0 bridgehead atoms. The van der Waals surface area contributed by atoms with Gasteiger partial charge in [-0.25, -0.2) is 4.39 Å². The van der Waals surface area contributed by atoms with Crippen molar-refractivity contribution in [3.63, 3.8) is 0 Å². The summed E-state index contributed by atoms with van der Waals surface area (Å²) in [7, 11) is 0. The van der Waals surface area contributed by atoms with Gasteiger partial charge in [0, 0.05) is 0 Å². The molecule has 0 fully saturated rings. The first-order valence-electron chi connectivity index (χ1n) is 3.53. The standard InChI is InChI=1S/C8H5F4IO/c9-5-1-2-7(6(13)3-5)14-4-8(10,11)12/h1-3H,4H2. The van der Waals surface area contributed by atoms with Crippen LogP contribution in [-0.4, -0.2) is 12.8 Å². The van der Waals surface area contributed by atoms with Gasteiger partial charge in [0.05, 0.1) is 3.57 Å². The van der Waals surface area contributed by atoms with Gasteiger partial charge in [-0.05, 0) is 40.8 Å². The fourth-order valence-electron chi connectivity index (χ4n) is 0.752. The molecule has 1 nitrogen and oxygen atoms in total. The van der Waals surface area contributed by atoms with Gasteiger partial charge in [0.2, 0.25) is 0 Å². The van der Waals surface area contributed by atoms with Gasteiger partial charge in [-0.2, -0.15) is 13.2 Å². The number of benzene rings is 1. The molecule has 0 atom stereocenters. The van der Waals surface area contributed by atoms with Crippen molar-refractivity contribution in [1.82, 2.24) is 0 Å². The highest BCUT2D eigenvalue weighted by molar-refractivity contribution is 14.1. The second-order valence-corrected chi connectivity index (χ2v) is 3.64. The van der Waals surface area contributed by atoms with E-state index in [0.717, 1.165) is 12.1 Å². The van der Waals surface area contributed by atoms with Crippen molar-refractivity contribution in [2.24, 2.45) is 0 Å². The summed E-state index contributed by atoms with van der Waals surface area (Å²) in [6.07, 6.45) is -4.38. The first-order chi connectivity index (χ1) is 6.38. The summed E-state index contributed by atoms with van der Waals surface area (Å²) >= 11 is 1.71. The SMILES string of the molecule is Fc1ccc(OCC(F)(F)F)c(I)c1. The minimum absolute atomic E-state index is 0.0318. The molecule has 14 heavy (non-hydrogen) atoms. The highest BCUT2D eigenvalue weighted by atomic mass is 127. The van der Waals surface area contributed by atoms with E-state index < -0.39 is 18.6 Å². The van der Waals surface area contributed by atoms with E-state index >= 15 is 0 Å². The van der Waals surface area contributed by atoms with Crippen LogP contribution in [0, 0.1) is 9.39 Å². The molecule has 0 saturated heterocycles. The van der Waals surface area contributed by atoms with Crippen LogP contribution >= 0.6 is 22.6 Å². The molecule has 0 aliphatic rings. The summed E-state index contributed by atoms with van der Waals surface area (Å²) in [5, 5.41) is 0. The van der Waals surface area contributed by atoms with E-state index in [-0.39, 0.29) is 5.75 Å². The molecule has 0 N–H and O–H groups in total. The maximum Gasteiger partial charge on any atom is 0.422 e. The Morgan fingerprint density at radius 2 is 1.93 bits per heavy atom. The lowest BCUT2D eigenvalue weighted by Gasteiger charge is -2.10. The minimum Gasteiger partial charge on any atom is -0.483 e. The lowest BCUT2D eigenvalue weighted by atomic mass is 10.3. The van der Waals surface area contributed by atoms with Crippen LogP contribution in [0.3, 0.4) is 0 Å². The lowest BCUT2D eigenvalue weighted by molar-refractivity contribution is -0.153. The first kappa shape index (κ1) is 11.5. The van der Waals surface area contributed by atoms with Crippen molar-refractivity contribution in [3.05, 3.63) is 27.6 Å². The molecule has 0 heterocycles. The van der Waals surface area contributed by atoms with Gasteiger partial charge in [0.1, 0.15) is 11.6 Å². The molecule has 1 aromatic carbocycles. The van der Waals surface area contributed by atoms with Crippen molar-refractivity contribution in [1.29, 1.82) is 0 Å². The Kier molecular flexibility index (Phi) is 3.57. The third-order valence-corrected chi connectivity index (χ3v) is 2.13. The van der Waals surface area contributed by atoms with Crippen LogP contribution in [0.1, 0.15) is 0 Å². The summed E-state index contributed by atoms with van der Waals surface area (Å²) in [5.41, 5.74) is 0. The Hall–Kier alpha value is -0.530. The molecule has 0 aromatic heterocycles. The average Bonchev–Trinajstić information content (AvgIpc) is 2.00. The quantitative estimate of drug-likeness (QED) is 0.600. The molecular weight excluding hydrogens is 315 g/mol. The summed E-state index contributed by atoms with van der Waals surface area (Å²) < 4.78 is 52.6. The molecule has 0 radical (unpaired) electrons. The second kappa shape index (κ2) is 4.33. The Labute approximate surface area is 91.2 Å². The van der Waals surface area contributed by atoms with Crippen LogP contribution in [0.5, 0.6) is 5.75 Å². The van der Waals surface area contributed by atoms with Crippen LogP contribution in [0.25, 0.3) is 0 Å². The van der Waals surface area contributed by atoms with E-state index in [1.807, 2.05) is 0 Å². The van der Waals surface area contributed by atoms with Crippen molar-refractivity contribution in [2.75, 3.05) is 6.61 Å². The van der Waals surface area contributed by atoms with E-state index in [4.69, 9.17) is 0 Å². The molecular formula is C8H5F4IO. The normalized spacial score (nSPS) is 11.5. The summed E-state index contributed by atoms with van der Waals surface area (Å²) in [6, 6.07) is 3.32. The molecule has 0 unspecified atom stereocenters. The van der Waals surface area contributed by atoms with Crippen LogP contribution in [0.4, 0.5) is 17.6 Å². The Morgan fingerprint density at radius 3 is 2.43 bits per heavy atom. The lowest BCUT2D eigenvalue weighted by Crippen LogP contribution is -2.19. The van der Waals surface area contributed by atoms with E-state index in [0.29, 0.717) is 3.57 Å². The largest absolute Gasteiger partial charge is 0.483 e. The second-order valence-electron chi connectivity index (χ2n) is 2.48. The molecule has 0 amide bonds. The van der Waals surface area contributed by atoms with Gasteiger partial charge in [-0.1, -0.05) is 0 Å². The highest BCUT2D eigenvalue weighted by Crippen LogP contribution is 2.24. The van der Waals surface area contributed by atoms with Crippen LogP contribution < -0.4 is 4.74 Å². The van der Waals surface area contributed by atoms with Gasteiger partial charge in [-0.15, -0.1) is 0 Å². The summed E-state index contributed by atoms with van der Waals surface area (Å²) in [5.74, 6) is -0.474. The molecule has 0 aliphatic carbocycles. The fraction of sp³-hybridized carbons (Fsp3) is 0.250. The summed E-state index contributed by atoms with van der Waals surface area (Å²) in [4.78, 5) is 0. The molecule has 78 valence electrons. The maximum atomic E-state index is 12.5. The number of ether oxygens (including phenoxy) is 1. The van der Waals surface area contributed by atoms with Crippen molar-refractivity contribution in [2.45, 2.75) is 6.18 Å². The van der Waals surface area contributed by atoms with Gasteiger partial charge in [0.15, 0.2) is 6.61 Å². The van der Waals surface area contributed by atoms with E-state index in [2.05, 4.69) is 4.74 Å².